The zero-order valence-corrected chi connectivity index (χ0v) is 11.2. The lowest BCUT2D eigenvalue weighted by atomic mass is 10.2. The molecule has 1 aliphatic rings. The number of hydrogen-bond acceptors (Lipinski definition) is 3. The molecule has 0 saturated heterocycles. The summed E-state index contributed by atoms with van der Waals surface area (Å²) in [4.78, 5) is 0.461. The Bertz CT molecular complexity index is 487. The van der Waals surface area contributed by atoms with E-state index in [1.807, 2.05) is 12.1 Å². The van der Waals surface area contributed by atoms with Crippen molar-refractivity contribution in [3.05, 3.63) is 29.8 Å². The molecular weight excluding hydrogens is 234 g/mol. The van der Waals surface area contributed by atoms with E-state index in [-0.39, 0.29) is 0 Å². The Morgan fingerprint density at radius 3 is 2.24 bits per heavy atom. The van der Waals surface area contributed by atoms with Crippen LogP contribution in [0.25, 0.3) is 0 Å². The van der Waals surface area contributed by atoms with Gasteiger partial charge >= 0.3 is 0 Å². The largest absolute Gasteiger partial charge is 0.318 e. The first kappa shape index (κ1) is 12.6. The normalized spacial score (nSPS) is 18.0. The molecule has 0 unspecified atom stereocenters. The quantitative estimate of drug-likeness (QED) is 0.870. The second-order valence-corrected chi connectivity index (χ2v) is 7.06. The van der Waals surface area contributed by atoms with Crippen LogP contribution >= 0.6 is 0 Å². The fourth-order valence-electron chi connectivity index (χ4n) is 2.16. The van der Waals surface area contributed by atoms with E-state index in [4.69, 9.17) is 0 Å². The molecule has 0 spiro atoms. The van der Waals surface area contributed by atoms with Gasteiger partial charge in [0.25, 0.3) is 0 Å². The van der Waals surface area contributed by atoms with Crippen LogP contribution < -0.4 is 5.32 Å². The summed E-state index contributed by atoms with van der Waals surface area (Å²) in [5.41, 5.74) is 1.17. The SMILES string of the molecule is CCc1ccc(S(=O)(=O)C2(CNC)CC2)cc1. The highest BCUT2D eigenvalue weighted by atomic mass is 32.2. The first-order valence-electron chi connectivity index (χ1n) is 6.04. The fraction of sp³-hybridized carbons (Fsp3) is 0.538. The molecule has 0 radical (unpaired) electrons. The average Bonchev–Trinajstić information content (AvgIpc) is 3.11. The summed E-state index contributed by atoms with van der Waals surface area (Å²) in [5.74, 6) is 0. The molecule has 3 nitrogen and oxygen atoms in total. The molecule has 1 fully saturated rings. The van der Waals surface area contributed by atoms with Crippen LogP contribution in [0.3, 0.4) is 0 Å². The predicted molar refractivity (Wildman–Crippen MR) is 68.9 cm³/mol. The second-order valence-electron chi connectivity index (χ2n) is 4.71. The van der Waals surface area contributed by atoms with E-state index in [1.165, 1.54) is 5.56 Å². The van der Waals surface area contributed by atoms with Gasteiger partial charge in [0.05, 0.1) is 9.64 Å². The lowest BCUT2D eigenvalue weighted by molar-refractivity contribution is 0.569. The molecule has 94 valence electrons. The van der Waals surface area contributed by atoms with Gasteiger partial charge in [0.15, 0.2) is 9.84 Å². The van der Waals surface area contributed by atoms with E-state index >= 15 is 0 Å². The Morgan fingerprint density at radius 2 is 1.82 bits per heavy atom. The predicted octanol–water partition coefficient (Wildman–Crippen LogP) is 1.77. The number of sulfone groups is 1. The zero-order chi connectivity index (χ0) is 12.5. The maximum atomic E-state index is 12.5. The second kappa shape index (κ2) is 4.42. The molecule has 1 aromatic carbocycles. The average molecular weight is 253 g/mol. The Hall–Kier alpha value is -0.870. The van der Waals surface area contributed by atoms with Gasteiger partial charge in [0.1, 0.15) is 0 Å². The third-order valence-electron chi connectivity index (χ3n) is 3.52. The standard InChI is InChI=1S/C13H19NO2S/c1-3-11-4-6-12(7-5-11)17(15,16)13(8-9-13)10-14-2/h4-7,14H,3,8-10H2,1-2H3. The van der Waals surface area contributed by atoms with Crippen molar-refractivity contribution in [3.8, 4) is 0 Å². The maximum Gasteiger partial charge on any atom is 0.185 e. The van der Waals surface area contributed by atoms with Crippen LogP contribution in [0, 0.1) is 0 Å². The molecular formula is C13H19NO2S. The van der Waals surface area contributed by atoms with Crippen LogP contribution in [-0.2, 0) is 16.3 Å². The van der Waals surface area contributed by atoms with Gasteiger partial charge in [0.2, 0.25) is 0 Å². The Kier molecular flexibility index (Phi) is 3.27. The zero-order valence-electron chi connectivity index (χ0n) is 10.4. The molecule has 0 heterocycles. The van der Waals surface area contributed by atoms with Crippen LogP contribution in [0.4, 0.5) is 0 Å². The van der Waals surface area contributed by atoms with Crippen LogP contribution in [0.1, 0.15) is 25.3 Å². The van der Waals surface area contributed by atoms with Crippen molar-refractivity contribution in [2.75, 3.05) is 13.6 Å². The van der Waals surface area contributed by atoms with Gasteiger partial charge in [-0.25, -0.2) is 8.42 Å². The molecule has 4 heteroatoms. The van der Waals surface area contributed by atoms with Gasteiger partial charge < -0.3 is 5.32 Å². The number of aryl methyl sites for hydroxylation is 1. The highest BCUT2D eigenvalue weighted by Crippen LogP contribution is 2.46. The van der Waals surface area contributed by atoms with E-state index < -0.39 is 14.6 Å². The summed E-state index contributed by atoms with van der Waals surface area (Å²) < 4.78 is 24.4. The smallest absolute Gasteiger partial charge is 0.185 e. The topological polar surface area (TPSA) is 46.2 Å². The molecule has 0 aliphatic heterocycles. The van der Waals surface area contributed by atoms with Crippen molar-refractivity contribution < 1.29 is 8.42 Å². The van der Waals surface area contributed by atoms with Gasteiger partial charge in [-0.1, -0.05) is 19.1 Å². The molecule has 1 N–H and O–H groups in total. The van der Waals surface area contributed by atoms with E-state index in [9.17, 15) is 8.42 Å². The third-order valence-corrected chi connectivity index (χ3v) is 6.10. The highest BCUT2D eigenvalue weighted by Gasteiger charge is 2.54. The van der Waals surface area contributed by atoms with Gasteiger partial charge in [0, 0.05) is 6.54 Å². The van der Waals surface area contributed by atoms with Gasteiger partial charge in [-0.3, -0.25) is 0 Å². The lowest BCUT2D eigenvalue weighted by Crippen LogP contribution is -2.33. The molecule has 2 rings (SSSR count). The number of hydrogen-bond donors (Lipinski definition) is 1. The Labute approximate surface area is 103 Å². The van der Waals surface area contributed by atoms with Crippen molar-refractivity contribution >= 4 is 9.84 Å². The Balaban J connectivity index is 2.32. The number of nitrogens with one attached hydrogen (secondary N) is 1. The monoisotopic (exact) mass is 253 g/mol. The molecule has 1 aromatic rings. The van der Waals surface area contributed by atoms with Crippen LogP contribution in [0.5, 0.6) is 0 Å². The van der Waals surface area contributed by atoms with E-state index in [1.54, 1.807) is 19.2 Å². The van der Waals surface area contributed by atoms with Crippen LogP contribution in [0.15, 0.2) is 29.2 Å². The Morgan fingerprint density at radius 1 is 1.24 bits per heavy atom. The van der Waals surface area contributed by atoms with Gasteiger partial charge in [-0.15, -0.1) is 0 Å². The summed E-state index contributed by atoms with van der Waals surface area (Å²) in [7, 11) is -1.38. The summed E-state index contributed by atoms with van der Waals surface area (Å²) >= 11 is 0. The molecule has 0 atom stereocenters. The minimum absolute atomic E-state index is 0.461. The first-order valence-corrected chi connectivity index (χ1v) is 7.52. The first-order chi connectivity index (χ1) is 8.05. The van der Waals surface area contributed by atoms with Gasteiger partial charge in [-0.05, 0) is 44.0 Å². The third kappa shape index (κ3) is 2.11. The van der Waals surface area contributed by atoms with E-state index in [0.29, 0.717) is 11.4 Å². The fourth-order valence-corrected chi connectivity index (χ4v) is 4.12. The summed E-state index contributed by atoms with van der Waals surface area (Å²) in [6.45, 7) is 2.61. The van der Waals surface area contributed by atoms with Crippen molar-refractivity contribution in [1.29, 1.82) is 0 Å². The minimum Gasteiger partial charge on any atom is -0.318 e. The summed E-state index contributed by atoms with van der Waals surface area (Å²) in [5, 5.41) is 2.99. The number of benzene rings is 1. The molecule has 1 aliphatic carbocycles. The van der Waals surface area contributed by atoms with Crippen LogP contribution in [0.2, 0.25) is 0 Å². The minimum atomic E-state index is -3.18. The van der Waals surface area contributed by atoms with E-state index in [0.717, 1.165) is 19.3 Å². The highest BCUT2D eigenvalue weighted by molar-refractivity contribution is 7.93. The van der Waals surface area contributed by atoms with Crippen molar-refractivity contribution in [2.24, 2.45) is 0 Å². The molecule has 17 heavy (non-hydrogen) atoms. The van der Waals surface area contributed by atoms with Crippen molar-refractivity contribution in [1.82, 2.24) is 5.32 Å². The molecule has 1 saturated carbocycles. The summed E-state index contributed by atoms with van der Waals surface area (Å²) in [6, 6.07) is 7.29. The van der Waals surface area contributed by atoms with Crippen molar-refractivity contribution in [3.63, 3.8) is 0 Å². The summed E-state index contributed by atoms with van der Waals surface area (Å²) in [6.07, 6.45) is 2.47. The number of rotatable bonds is 5. The molecule has 0 amide bonds. The lowest BCUT2D eigenvalue weighted by Gasteiger charge is -2.16. The van der Waals surface area contributed by atoms with Crippen LogP contribution in [-0.4, -0.2) is 26.8 Å². The maximum absolute atomic E-state index is 12.5. The molecule has 0 aromatic heterocycles. The van der Waals surface area contributed by atoms with Crippen molar-refractivity contribution in [2.45, 2.75) is 35.8 Å². The van der Waals surface area contributed by atoms with E-state index in [2.05, 4.69) is 12.2 Å². The molecule has 0 bridgehead atoms. The van der Waals surface area contributed by atoms with Gasteiger partial charge in [-0.2, -0.15) is 0 Å².